The van der Waals surface area contributed by atoms with Crippen molar-refractivity contribution in [3.8, 4) is 0 Å². The number of amides is 1. The summed E-state index contributed by atoms with van der Waals surface area (Å²) >= 11 is 0. The molecule has 2 aromatic rings. The van der Waals surface area contributed by atoms with Crippen molar-refractivity contribution in [1.29, 1.82) is 0 Å². The molecule has 1 aromatic carbocycles. The topological polar surface area (TPSA) is 65.7 Å². The van der Waals surface area contributed by atoms with Crippen molar-refractivity contribution in [3.63, 3.8) is 0 Å². The van der Waals surface area contributed by atoms with Crippen molar-refractivity contribution in [3.05, 3.63) is 35.7 Å². The molecule has 0 radical (unpaired) electrons. The van der Waals surface area contributed by atoms with Crippen LogP contribution in [0.15, 0.2) is 28.7 Å². The van der Waals surface area contributed by atoms with Crippen LogP contribution in [0.3, 0.4) is 0 Å². The molecule has 0 bridgehead atoms. The Kier molecular flexibility index (Phi) is 4.29. The van der Waals surface area contributed by atoms with E-state index in [-0.39, 0.29) is 5.91 Å². The van der Waals surface area contributed by atoms with Gasteiger partial charge in [-0.3, -0.25) is 4.79 Å². The molecule has 1 amide bonds. The first kappa shape index (κ1) is 15.9. The van der Waals surface area contributed by atoms with Gasteiger partial charge < -0.3 is 19.1 Å². The van der Waals surface area contributed by atoms with Gasteiger partial charge in [-0.15, -0.1) is 5.10 Å². The fourth-order valence-corrected chi connectivity index (χ4v) is 3.49. The minimum atomic E-state index is 0.0920. The zero-order valence-corrected chi connectivity index (χ0v) is 14.5. The first-order valence-corrected chi connectivity index (χ1v) is 8.90. The highest BCUT2D eigenvalue weighted by molar-refractivity contribution is 5.94. The highest BCUT2D eigenvalue weighted by Gasteiger charge is 2.25. The molecule has 4 rings (SSSR count). The Labute approximate surface area is 147 Å². The Morgan fingerprint density at radius 2 is 1.60 bits per heavy atom. The number of rotatable bonds is 3. The second-order valence-corrected chi connectivity index (χ2v) is 6.62. The molecule has 7 heteroatoms. The van der Waals surface area contributed by atoms with E-state index in [0.29, 0.717) is 38.1 Å². The summed E-state index contributed by atoms with van der Waals surface area (Å²) in [4.78, 5) is 19.0. The lowest BCUT2D eigenvalue weighted by molar-refractivity contribution is 0.0745. The van der Waals surface area contributed by atoms with Crippen LogP contribution in [0.4, 0.5) is 11.7 Å². The van der Waals surface area contributed by atoms with Crippen molar-refractivity contribution < 1.29 is 9.21 Å². The molecular formula is C18H23N5O2. The zero-order valence-electron chi connectivity index (χ0n) is 14.5. The number of anilines is 2. The molecule has 1 aromatic heterocycles. The predicted molar refractivity (Wildman–Crippen MR) is 95.0 cm³/mol. The van der Waals surface area contributed by atoms with Gasteiger partial charge in [-0.25, -0.2) is 0 Å². The van der Waals surface area contributed by atoms with Crippen LogP contribution in [0.2, 0.25) is 0 Å². The van der Waals surface area contributed by atoms with Crippen molar-refractivity contribution >= 4 is 17.6 Å². The van der Waals surface area contributed by atoms with Crippen LogP contribution >= 0.6 is 0 Å². The van der Waals surface area contributed by atoms with Crippen LogP contribution in [-0.2, 0) is 0 Å². The molecular weight excluding hydrogens is 318 g/mol. The molecule has 132 valence electrons. The van der Waals surface area contributed by atoms with Gasteiger partial charge in [0, 0.05) is 57.4 Å². The van der Waals surface area contributed by atoms with E-state index in [1.807, 2.05) is 21.9 Å². The molecule has 0 saturated carbocycles. The van der Waals surface area contributed by atoms with E-state index in [0.717, 1.165) is 18.7 Å². The highest BCUT2D eigenvalue weighted by Crippen LogP contribution is 2.21. The molecule has 0 N–H and O–H groups in total. The van der Waals surface area contributed by atoms with E-state index in [9.17, 15) is 4.79 Å². The summed E-state index contributed by atoms with van der Waals surface area (Å²) < 4.78 is 5.46. The number of carbonyl (C=O) groups excluding carboxylic acids is 1. The zero-order chi connectivity index (χ0) is 17.2. The van der Waals surface area contributed by atoms with E-state index < -0.39 is 0 Å². The third kappa shape index (κ3) is 3.31. The van der Waals surface area contributed by atoms with Crippen molar-refractivity contribution in [1.82, 2.24) is 15.1 Å². The second kappa shape index (κ2) is 6.74. The average Bonchev–Trinajstić information content (AvgIpc) is 3.33. The maximum atomic E-state index is 12.7. The standard InChI is InChI=1S/C18H23N5O2/c1-14-19-20-18(25-14)23-12-10-22(11-13-23)17(24)15-4-6-16(7-5-15)21-8-2-3-9-21/h4-7H,2-3,8-13H2,1H3. The number of benzene rings is 1. The van der Waals surface area contributed by atoms with Crippen molar-refractivity contribution in [2.45, 2.75) is 19.8 Å². The van der Waals surface area contributed by atoms with E-state index in [1.165, 1.54) is 18.5 Å². The maximum Gasteiger partial charge on any atom is 0.318 e. The number of aromatic nitrogens is 2. The number of carbonyl (C=O) groups is 1. The summed E-state index contributed by atoms with van der Waals surface area (Å²) in [7, 11) is 0. The summed E-state index contributed by atoms with van der Waals surface area (Å²) in [6, 6.07) is 8.57. The molecule has 7 nitrogen and oxygen atoms in total. The van der Waals surface area contributed by atoms with E-state index in [1.54, 1.807) is 6.92 Å². The Bertz CT molecular complexity index is 728. The average molecular weight is 341 g/mol. The fourth-order valence-electron chi connectivity index (χ4n) is 3.49. The molecule has 2 aliphatic rings. The number of aryl methyl sites for hydroxylation is 1. The molecule has 0 spiro atoms. The highest BCUT2D eigenvalue weighted by atomic mass is 16.4. The van der Waals surface area contributed by atoms with Gasteiger partial charge in [0.2, 0.25) is 5.89 Å². The maximum absolute atomic E-state index is 12.7. The summed E-state index contributed by atoms with van der Waals surface area (Å²) in [5.41, 5.74) is 1.97. The normalized spacial score (nSPS) is 18.0. The van der Waals surface area contributed by atoms with Gasteiger partial charge in [0.25, 0.3) is 5.91 Å². The molecule has 0 unspecified atom stereocenters. The summed E-state index contributed by atoms with van der Waals surface area (Å²) in [5.74, 6) is 0.654. The lowest BCUT2D eigenvalue weighted by Gasteiger charge is -2.33. The lowest BCUT2D eigenvalue weighted by atomic mass is 10.1. The number of piperazine rings is 1. The van der Waals surface area contributed by atoms with E-state index >= 15 is 0 Å². The van der Waals surface area contributed by atoms with Crippen molar-refractivity contribution in [2.75, 3.05) is 49.1 Å². The Morgan fingerprint density at radius 1 is 0.920 bits per heavy atom. The second-order valence-electron chi connectivity index (χ2n) is 6.62. The van der Waals surface area contributed by atoms with Crippen LogP contribution in [0.1, 0.15) is 29.1 Å². The van der Waals surface area contributed by atoms with Gasteiger partial charge in [-0.05, 0) is 37.1 Å². The molecule has 2 fully saturated rings. The van der Waals surface area contributed by atoms with Gasteiger partial charge in [-0.2, -0.15) is 0 Å². The largest absolute Gasteiger partial charge is 0.408 e. The van der Waals surface area contributed by atoms with E-state index in [2.05, 4.69) is 27.2 Å². The predicted octanol–water partition coefficient (Wildman–Crippen LogP) is 1.94. The van der Waals surface area contributed by atoms with Crippen LogP contribution in [0.5, 0.6) is 0 Å². The Balaban J connectivity index is 1.37. The Hall–Kier alpha value is -2.57. The SMILES string of the molecule is Cc1nnc(N2CCN(C(=O)c3ccc(N4CCCC4)cc3)CC2)o1. The van der Waals surface area contributed by atoms with Crippen LogP contribution in [-0.4, -0.2) is 60.3 Å². The van der Waals surface area contributed by atoms with Gasteiger partial charge in [0.15, 0.2) is 0 Å². The lowest BCUT2D eigenvalue weighted by Crippen LogP contribution is -2.48. The van der Waals surface area contributed by atoms with E-state index in [4.69, 9.17) is 4.42 Å². The summed E-state index contributed by atoms with van der Waals surface area (Å²) in [6.45, 7) is 6.75. The Morgan fingerprint density at radius 3 is 2.20 bits per heavy atom. The molecule has 2 saturated heterocycles. The van der Waals surface area contributed by atoms with Gasteiger partial charge in [-0.1, -0.05) is 5.10 Å². The minimum Gasteiger partial charge on any atom is -0.408 e. The minimum absolute atomic E-state index is 0.0920. The van der Waals surface area contributed by atoms with Crippen LogP contribution in [0, 0.1) is 6.92 Å². The van der Waals surface area contributed by atoms with Gasteiger partial charge >= 0.3 is 6.01 Å². The third-order valence-electron chi connectivity index (χ3n) is 4.94. The quantitative estimate of drug-likeness (QED) is 0.850. The number of hydrogen-bond acceptors (Lipinski definition) is 6. The molecule has 25 heavy (non-hydrogen) atoms. The first-order valence-electron chi connectivity index (χ1n) is 8.90. The smallest absolute Gasteiger partial charge is 0.318 e. The monoisotopic (exact) mass is 341 g/mol. The van der Waals surface area contributed by atoms with Gasteiger partial charge in [0.1, 0.15) is 0 Å². The van der Waals surface area contributed by atoms with Gasteiger partial charge in [0.05, 0.1) is 0 Å². The fraction of sp³-hybridized carbons (Fsp3) is 0.500. The number of nitrogens with zero attached hydrogens (tertiary/aromatic N) is 5. The molecule has 3 heterocycles. The molecule has 0 atom stereocenters. The molecule has 0 aliphatic carbocycles. The van der Waals surface area contributed by atoms with Crippen LogP contribution < -0.4 is 9.80 Å². The molecule has 2 aliphatic heterocycles. The summed E-state index contributed by atoms with van der Waals surface area (Å²) in [5, 5.41) is 7.91. The number of hydrogen-bond donors (Lipinski definition) is 0. The first-order chi connectivity index (χ1) is 12.2. The third-order valence-corrected chi connectivity index (χ3v) is 4.94. The van der Waals surface area contributed by atoms with Crippen molar-refractivity contribution in [2.24, 2.45) is 0 Å². The van der Waals surface area contributed by atoms with Crippen LogP contribution in [0.25, 0.3) is 0 Å². The summed E-state index contributed by atoms with van der Waals surface area (Å²) in [6.07, 6.45) is 2.51.